The van der Waals surface area contributed by atoms with Crippen LogP contribution in [0.5, 0.6) is 11.6 Å². The van der Waals surface area contributed by atoms with Gasteiger partial charge in [0.1, 0.15) is 11.6 Å². The van der Waals surface area contributed by atoms with Gasteiger partial charge in [0.25, 0.3) is 0 Å². The maximum absolute atomic E-state index is 10.1. The molecule has 26 heavy (non-hydrogen) atoms. The van der Waals surface area contributed by atoms with Gasteiger partial charge in [0, 0.05) is 24.6 Å². The highest BCUT2D eigenvalue weighted by atomic mass is 32.1. The molecule has 0 aliphatic heterocycles. The van der Waals surface area contributed by atoms with Crippen LogP contribution >= 0.6 is 11.3 Å². The van der Waals surface area contributed by atoms with E-state index in [1.165, 1.54) is 6.42 Å². The van der Waals surface area contributed by atoms with Crippen molar-refractivity contribution in [2.75, 3.05) is 17.6 Å². The zero-order valence-corrected chi connectivity index (χ0v) is 15.1. The first kappa shape index (κ1) is 17.0. The van der Waals surface area contributed by atoms with Crippen LogP contribution in [0.15, 0.2) is 30.3 Å². The van der Waals surface area contributed by atoms with Gasteiger partial charge in [-0.2, -0.15) is 0 Å². The molecule has 2 heterocycles. The number of ether oxygens (including phenoxy) is 1. The number of nitrogens with two attached hydrogens (primary N) is 1. The summed E-state index contributed by atoms with van der Waals surface area (Å²) in [5, 5.41) is 22.0. The molecule has 1 fully saturated rings. The van der Waals surface area contributed by atoms with Crippen molar-refractivity contribution in [2.45, 2.75) is 31.8 Å². The third-order valence-corrected chi connectivity index (χ3v) is 5.60. The molecule has 136 valence electrons. The third-order valence-electron chi connectivity index (χ3n) is 4.63. The lowest BCUT2D eigenvalue weighted by Crippen LogP contribution is -2.30. The molecule has 3 aromatic rings. The number of aliphatic hydroxyl groups is 1. The van der Waals surface area contributed by atoms with Crippen molar-refractivity contribution in [3.8, 4) is 11.6 Å². The Morgan fingerprint density at radius 3 is 2.88 bits per heavy atom. The maximum atomic E-state index is 10.1. The molecule has 1 aliphatic carbocycles. The van der Waals surface area contributed by atoms with Crippen LogP contribution < -0.4 is 15.8 Å². The zero-order valence-electron chi connectivity index (χ0n) is 14.3. The van der Waals surface area contributed by atoms with E-state index >= 15 is 0 Å². The van der Waals surface area contributed by atoms with Gasteiger partial charge in [-0.05, 0) is 31.0 Å². The number of thiazole rings is 1. The second-order valence-electron chi connectivity index (χ2n) is 6.54. The summed E-state index contributed by atoms with van der Waals surface area (Å²) in [6.07, 6.45) is 4.09. The smallest absolute Gasteiger partial charge is 0.238 e. The summed E-state index contributed by atoms with van der Waals surface area (Å²) in [6, 6.07) is 9.05. The van der Waals surface area contributed by atoms with E-state index in [4.69, 9.17) is 10.5 Å². The summed E-state index contributed by atoms with van der Waals surface area (Å²) < 4.78 is 6.74. The minimum atomic E-state index is -0.202. The van der Waals surface area contributed by atoms with Gasteiger partial charge in [-0.25, -0.2) is 4.98 Å². The standard InChI is InChI=1S/C18H21N5O2S/c19-16-7-8-17(23-22-16)25-12-5-6-13-15(9-12)26-18(21-13)20-10-11-3-1-2-4-14(11)24/h5-9,11,14,24H,1-4,10H2,(H2,19,22)(H,20,21)/t11?,14-/m1/s1. The van der Waals surface area contributed by atoms with Gasteiger partial charge in [-0.1, -0.05) is 24.2 Å². The molecular weight excluding hydrogens is 350 g/mol. The first-order chi connectivity index (χ1) is 12.7. The van der Waals surface area contributed by atoms with Crippen LogP contribution in [-0.2, 0) is 0 Å². The van der Waals surface area contributed by atoms with Crippen molar-refractivity contribution in [3.05, 3.63) is 30.3 Å². The number of rotatable bonds is 5. The van der Waals surface area contributed by atoms with E-state index in [0.717, 1.165) is 41.2 Å². The molecule has 2 aromatic heterocycles. The Hall–Kier alpha value is -2.45. The van der Waals surface area contributed by atoms with E-state index in [0.29, 0.717) is 23.4 Å². The minimum absolute atomic E-state index is 0.202. The van der Waals surface area contributed by atoms with Crippen molar-refractivity contribution >= 4 is 32.5 Å². The number of aromatic nitrogens is 3. The molecule has 4 N–H and O–H groups in total. The summed E-state index contributed by atoms with van der Waals surface area (Å²) in [7, 11) is 0. The second kappa shape index (κ2) is 7.43. The molecule has 8 heteroatoms. The van der Waals surface area contributed by atoms with Crippen LogP contribution in [0, 0.1) is 5.92 Å². The van der Waals surface area contributed by atoms with E-state index in [9.17, 15) is 5.11 Å². The van der Waals surface area contributed by atoms with E-state index in [2.05, 4.69) is 20.5 Å². The Morgan fingerprint density at radius 1 is 1.19 bits per heavy atom. The Bertz CT molecular complexity index is 883. The first-order valence-electron chi connectivity index (χ1n) is 8.77. The summed E-state index contributed by atoms with van der Waals surface area (Å²) in [5.74, 6) is 1.73. The minimum Gasteiger partial charge on any atom is -0.437 e. The number of hydrogen-bond donors (Lipinski definition) is 3. The van der Waals surface area contributed by atoms with Gasteiger partial charge in [-0.3, -0.25) is 0 Å². The van der Waals surface area contributed by atoms with Crippen molar-refractivity contribution < 1.29 is 9.84 Å². The fraction of sp³-hybridized carbons (Fsp3) is 0.389. The molecule has 0 spiro atoms. The van der Waals surface area contributed by atoms with Gasteiger partial charge >= 0.3 is 0 Å². The van der Waals surface area contributed by atoms with Gasteiger partial charge in [-0.15, -0.1) is 10.2 Å². The Balaban J connectivity index is 1.44. The third kappa shape index (κ3) is 3.86. The number of hydrogen-bond acceptors (Lipinski definition) is 8. The molecule has 7 nitrogen and oxygen atoms in total. The van der Waals surface area contributed by atoms with Crippen molar-refractivity contribution in [2.24, 2.45) is 5.92 Å². The van der Waals surface area contributed by atoms with Crippen LogP contribution in [0.1, 0.15) is 25.7 Å². The summed E-state index contributed by atoms with van der Waals surface area (Å²) in [4.78, 5) is 4.61. The topological polar surface area (TPSA) is 106 Å². The van der Waals surface area contributed by atoms with Crippen LogP contribution in [0.25, 0.3) is 10.2 Å². The molecule has 1 unspecified atom stereocenters. The molecule has 1 aromatic carbocycles. The average molecular weight is 371 g/mol. The number of nitrogens with one attached hydrogen (secondary N) is 1. The highest BCUT2D eigenvalue weighted by Crippen LogP contribution is 2.32. The SMILES string of the molecule is Nc1ccc(Oc2ccc3nc(NCC4CCCC[C@H]4O)sc3c2)nn1. The Labute approximate surface area is 155 Å². The van der Waals surface area contributed by atoms with Gasteiger partial charge in [0.15, 0.2) is 5.13 Å². The predicted octanol–water partition coefficient (Wildman–Crippen LogP) is 3.42. The normalized spacial score (nSPS) is 20.2. The fourth-order valence-corrected chi connectivity index (χ4v) is 4.10. The lowest BCUT2D eigenvalue weighted by Gasteiger charge is -2.27. The number of fused-ring (bicyclic) bond motifs is 1. The predicted molar refractivity (Wildman–Crippen MR) is 103 cm³/mol. The highest BCUT2D eigenvalue weighted by molar-refractivity contribution is 7.22. The van der Waals surface area contributed by atoms with Crippen LogP contribution in [0.2, 0.25) is 0 Å². The van der Waals surface area contributed by atoms with E-state index in [1.807, 2.05) is 18.2 Å². The van der Waals surface area contributed by atoms with Gasteiger partial charge in [0.2, 0.25) is 5.88 Å². The molecule has 0 saturated heterocycles. The number of nitrogen functional groups attached to an aromatic ring is 1. The fourth-order valence-electron chi connectivity index (χ4n) is 3.19. The van der Waals surface area contributed by atoms with E-state index in [-0.39, 0.29) is 6.10 Å². The zero-order chi connectivity index (χ0) is 17.9. The average Bonchev–Trinajstić information content (AvgIpc) is 3.05. The molecule has 2 atom stereocenters. The van der Waals surface area contributed by atoms with Crippen molar-refractivity contribution in [1.82, 2.24) is 15.2 Å². The highest BCUT2D eigenvalue weighted by Gasteiger charge is 2.22. The lowest BCUT2D eigenvalue weighted by atomic mass is 9.86. The Morgan fingerprint density at radius 2 is 2.08 bits per heavy atom. The van der Waals surface area contributed by atoms with Crippen molar-refractivity contribution in [3.63, 3.8) is 0 Å². The molecule has 4 rings (SSSR count). The molecule has 1 aliphatic rings. The van der Waals surface area contributed by atoms with Gasteiger partial charge in [0.05, 0.1) is 16.3 Å². The number of nitrogens with zero attached hydrogens (tertiary/aromatic N) is 3. The molecular formula is C18H21N5O2S. The second-order valence-corrected chi connectivity index (χ2v) is 7.57. The van der Waals surface area contributed by atoms with Crippen LogP contribution in [0.4, 0.5) is 10.9 Å². The Kier molecular flexibility index (Phi) is 4.85. The molecule has 0 amide bonds. The van der Waals surface area contributed by atoms with Crippen molar-refractivity contribution in [1.29, 1.82) is 0 Å². The monoisotopic (exact) mass is 371 g/mol. The molecule has 1 saturated carbocycles. The van der Waals surface area contributed by atoms with E-state index < -0.39 is 0 Å². The quantitative estimate of drug-likeness (QED) is 0.631. The van der Waals surface area contributed by atoms with Gasteiger partial charge < -0.3 is 20.9 Å². The lowest BCUT2D eigenvalue weighted by molar-refractivity contribution is 0.0763. The van der Waals surface area contributed by atoms with Crippen LogP contribution in [0.3, 0.4) is 0 Å². The number of benzene rings is 1. The number of anilines is 2. The van der Waals surface area contributed by atoms with E-state index in [1.54, 1.807) is 23.5 Å². The molecule has 0 radical (unpaired) electrons. The first-order valence-corrected chi connectivity index (χ1v) is 9.58. The summed E-state index contributed by atoms with van der Waals surface area (Å²) in [5.41, 5.74) is 6.44. The maximum Gasteiger partial charge on any atom is 0.238 e. The summed E-state index contributed by atoms with van der Waals surface area (Å²) in [6.45, 7) is 0.755. The molecule has 0 bridgehead atoms. The summed E-state index contributed by atoms with van der Waals surface area (Å²) >= 11 is 1.57. The largest absolute Gasteiger partial charge is 0.437 e. The number of aliphatic hydroxyl groups excluding tert-OH is 1. The van der Waals surface area contributed by atoms with Crippen LogP contribution in [-0.4, -0.2) is 32.9 Å².